The van der Waals surface area contributed by atoms with Gasteiger partial charge in [-0.3, -0.25) is 9.59 Å². The molecule has 0 atom stereocenters. The number of thioether (sulfide) groups is 1. The fourth-order valence-electron chi connectivity index (χ4n) is 4.79. The summed E-state index contributed by atoms with van der Waals surface area (Å²) in [6.07, 6.45) is 15.7. The van der Waals surface area contributed by atoms with Gasteiger partial charge in [-0.15, -0.1) is 11.8 Å². The van der Waals surface area contributed by atoms with Gasteiger partial charge in [-0.05, 0) is 52.6 Å². The van der Waals surface area contributed by atoms with Gasteiger partial charge in [-0.25, -0.2) is 0 Å². The van der Waals surface area contributed by atoms with E-state index in [1.165, 1.54) is 16.7 Å². The van der Waals surface area contributed by atoms with Gasteiger partial charge in [0.25, 0.3) is 0 Å². The number of anilines is 1. The van der Waals surface area contributed by atoms with Gasteiger partial charge < -0.3 is 5.32 Å². The predicted octanol–water partition coefficient (Wildman–Crippen LogP) is 8.85. The Kier molecular flexibility index (Phi) is 7.99. The molecule has 0 saturated heterocycles. The number of Topliss-reactive ketones (excluding diaryl/α,β-unsaturated/α-hetero) is 2. The molecule has 3 aromatic rings. The van der Waals surface area contributed by atoms with E-state index in [2.05, 4.69) is 62.2 Å². The standard InChI is InChI=1S/C36H31NO2S/c1-25-21-29(23-32-34(38)30-16-10-11-17-31(30)35(32)39)40-24-27-18-19-28(22-33(27)36(25,2)3)37-20-12-5-4-7-13-26-14-8-6-9-15-26/h4-23,37H,1,24H2,2-3H3/b5-4-,13-7-,20-12+,29-21-. The molecule has 1 aliphatic carbocycles. The number of ketones is 2. The molecule has 0 unspecified atom stereocenters. The van der Waals surface area contributed by atoms with Crippen molar-refractivity contribution in [1.82, 2.24) is 0 Å². The van der Waals surface area contributed by atoms with Crippen molar-refractivity contribution < 1.29 is 9.59 Å². The highest BCUT2D eigenvalue weighted by atomic mass is 32.2. The molecule has 0 aromatic heterocycles. The molecular weight excluding hydrogens is 510 g/mol. The van der Waals surface area contributed by atoms with Crippen molar-refractivity contribution >= 4 is 35.1 Å². The molecule has 40 heavy (non-hydrogen) atoms. The van der Waals surface area contributed by atoms with Crippen LogP contribution in [0.1, 0.15) is 51.3 Å². The Balaban J connectivity index is 1.30. The molecule has 0 fully saturated rings. The molecule has 198 valence electrons. The van der Waals surface area contributed by atoms with Crippen molar-refractivity contribution in [3.05, 3.63) is 166 Å². The van der Waals surface area contributed by atoms with Crippen molar-refractivity contribution in [2.24, 2.45) is 0 Å². The van der Waals surface area contributed by atoms with Crippen LogP contribution in [0.25, 0.3) is 6.08 Å². The van der Waals surface area contributed by atoms with Crippen molar-refractivity contribution in [2.75, 3.05) is 5.32 Å². The highest BCUT2D eigenvalue weighted by Crippen LogP contribution is 2.42. The molecule has 0 saturated carbocycles. The van der Waals surface area contributed by atoms with E-state index in [1.54, 1.807) is 42.1 Å². The zero-order valence-corrected chi connectivity index (χ0v) is 23.5. The van der Waals surface area contributed by atoms with Crippen LogP contribution in [0.15, 0.2) is 138 Å². The van der Waals surface area contributed by atoms with Crippen LogP contribution in [-0.2, 0) is 11.2 Å². The van der Waals surface area contributed by atoms with Crippen molar-refractivity contribution in [2.45, 2.75) is 25.0 Å². The van der Waals surface area contributed by atoms with Crippen LogP contribution in [0.2, 0.25) is 0 Å². The number of nitrogens with one attached hydrogen (secondary N) is 1. The fourth-order valence-corrected chi connectivity index (χ4v) is 5.79. The summed E-state index contributed by atoms with van der Waals surface area (Å²) >= 11 is 1.62. The Morgan fingerprint density at radius 2 is 1.52 bits per heavy atom. The van der Waals surface area contributed by atoms with Gasteiger partial charge in [0.1, 0.15) is 0 Å². The number of rotatable bonds is 6. The Hall–Kier alpha value is -4.41. The number of fused-ring (bicyclic) bond motifs is 2. The normalized spacial score (nSPS) is 18.0. The van der Waals surface area contributed by atoms with Crippen LogP contribution in [0.3, 0.4) is 0 Å². The molecular formula is C36H31NO2S. The molecule has 1 aliphatic heterocycles. The Labute approximate surface area is 240 Å². The maximum atomic E-state index is 12.9. The van der Waals surface area contributed by atoms with Crippen LogP contribution < -0.4 is 5.32 Å². The zero-order valence-electron chi connectivity index (χ0n) is 22.7. The number of carbonyl (C=O) groups is 2. The van der Waals surface area contributed by atoms with Crippen LogP contribution in [-0.4, -0.2) is 11.6 Å². The minimum atomic E-state index is -0.337. The molecule has 3 aromatic carbocycles. The van der Waals surface area contributed by atoms with Gasteiger partial charge in [0.2, 0.25) is 0 Å². The van der Waals surface area contributed by atoms with Crippen LogP contribution in [0.5, 0.6) is 0 Å². The lowest BCUT2D eigenvalue weighted by molar-refractivity contribution is 0.0988. The quantitative estimate of drug-likeness (QED) is 0.192. The Bertz CT molecular complexity index is 1600. The van der Waals surface area contributed by atoms with E-state index in [0.29, 0.717) is 11.1 Å². The smallest absolute Gasteiger partial charge is 0.197 e. The van der Waals surface area contributed by atoms with E-state index < -0.39 is 0 Å². The largest absolute Gasteiger partial charge is 0.362 e. The molecule has 5 rings (SSSR count). The number of hydrogen-bond acceptors (Lipinski definition) is 4. The second-order valence-electron chi connectivity index (χ2n) is 10.3. The zero-order chi connectivity index (χ0) is 28.1. The molecule has 0 bridgehead atoms. The summed E-state index contributed by atoms with van der Waals surface area (Å²) in [5.74, 6) is 0.310. The monoisotopic (exact) mass is 541 g/mol. The summed E-state index contributed by atoms with van der Waals surface area (Å²) in [5.41, 5.74) is 6.34. The van der Waals surface area contributed by atoms with Crippen LogP contribution in [0, 0.1) is 0 Å². The molecule has 2 aliphatic rings. The minimum Gasteiger partial charge on any atom is -0.362 e. The lowest BCUT2D eigenvalue weighted by Crippen LogP contribution is -2.22. The highest BCUT2D eigenvalue weighted by molar-refractivity contribution is 8.02. The first-order chi connectivity index (χ1) is 19.3. The molecule has 1 heterocycles. The van der Waals surface area contributed by atoms with Gasteiger partial charge in [0, 0.05) is 39.1 Å². The van der Waals surface area contributed by atoms with E-state index in [4.69, 9.17) is 0 Å². The SMILES string of the molecule is C=C1/C=C(/C=C2C(=O)c3ccccc3C2=O)SCc2ccc(N/C=C/C=C\C=C/c3ccccc3)cc2C1(C)C. The summed E-state index contributed by atoms with van der Waals surface area (Å²) < 4.78 is 0. The topological polar surface area (TPSA) is 46.2 Å². The molecule has 3 nitrogen and oxygen atoms in total. The third-order valence-corrected chi connectivity index (χ3v) is 8.28. The molecule has 4 heteroatoms. The van der Waals surface area contributed by atoms with Crippen LogP contribution in [0.4, 0.5) is 5.69 Å². The Morgan fingerprint density at radius 3 is 2.25 bits per heavy atom. The number of allylic oxidation sites excluding steroid dienone is 8. The van der Waals surface area contributed by atoms with Gasteiger partial charge in [0.15, 0.2) is 11.6 Å². The second kappa shape index (κ2) is 11.8. The van der Waals surface area contributed by atoms with Gasteiger partial charge in [-0.1, -0.05) is 105 Å². The number of carbonyl (C=O) groups excluding carboxylic acids is 2. The predicted molar refractivity (Wildman–Crippen MR) is 169 cm³/mol. The Morgan fingerprint density at radius 1 is 0.850 bits per heavy atom. The second-order valence-corrected chi connectivity index (χ2v) is 11.3. The van der Waals surface area contributed by atoms with E-state index in [-0.39, 0.29) is 22.6 Å². The van der Waals surface area contributed by atoms with Gasteiger partial charge in [-0.2, -0.15) is 0 Å². The lowest BCUT2D eigenvalue weighted by Gasteiger charge is -2.31. The molecule has 0 radical (unpaired) electrons. The summed E-state index contributed by atoms with van der Waals surface area (Å²) in [6.45, 7) is 8.71. The summed E-state index contributed by atoms with van der Waals surface area (Å²) in [6, 6.07) is 23.6. The average Bonchev–Trinajstić information content (AvgIpc) is 3.20. The van der Waals surface area contributed by atoms with Gasteiger partial charge in [0.05, 0.1) is 5.57 Å². The molecule has 0 spiro atoms. The first-order valence-corrected chi connectivity index (χ1v) is 14.2. The van der Waals surface area contributed by atoms with Crippen molar-refractivity contribution in [3.8, 4) is 0 Å². The maximum Gasteiger partial charge on any atom is 0.197 e. The summed E-state index contributed by atoms with van der Waals surface area (Å²) in [4.78, 5) is 26.7. The fraction of sp³-hybridized carbons (Fsp3) is 0.111. The third kappa shape index (κ3) is 5.78. The number of hydrogen-bond donors (Lipinski definition) is 1. The first kappa shape index (κ1) is 27.2. The van der Waals surface area contributed by atoms with E-state index in [1.807, 2.05) is 54.8 Å². The first-order valence-electron chi connectivity index (χ1n) is 13.2. The van der Waals surface area contributed by atoms with Crippen molar-refractivity contribution in [1.29, 1.82) is 0 Å². The highest BCUT2D eigenvalue weighted by Gasteiger charge is 2.33. The maximum absolute atomic E-state index is 12.9. The van der Waals surface area contributed by atoms with E-state index in [9.17, 15) is 9.59 Å². The molecule has 0 amide bonds. The van der Waals surface area contributed by atoms with Gasteiger partial charge >= 0.3 is 0 Å². The van der Waals surface area contributed by atoms with E-state index in [0.717, 1.165) is 21.9 Å². The summed E-state index contributed by atoms with van der Waals surface area (Å²) in [5, 5.41) is 3.38. The average molecular weight is 542 g/mol. The van der Waals surface area contributed by atoms with Crippen LogP contribution >= 0.6 is 11.8 Å². The molecule has 1 N–H and O–H groups in total. The number of benzene rings is 3. The third-order valence-electron chi connectivity index (χ3n) is 7.26. The van der Waals surface area contributed by atoms with E-state index >= 15 is 0 Å². The minimum absolute atomic E-state index is 0.208. The summed E-state index contributed by atoms with van der Waals surface area (Å²) in [7, 11) is 0. The van der Waals surface area contributed by atoms with Crippen molar-refractivity contribution in [3.63, 3.8) is 0 Å². The lowest BCUT2D eigenvalue weighted by atomic mass is 9.76.